The summed E-state index contributed by atoms with van der Waals surface area (Å²) in [6.07, 6.45) is 5.98. The molecule has 2 aromatic rings. The molecule has 1 fully saturated rings. The Hall–Kier alpha value is -2.14. The van der Waals surface area contributed by atoms with Gasteiger partial charge in [0.15, 0.2) is 0 Å². The Kier molecular flexibility index (Phi) is 5.08. The Balaban J connectivity index is 1.65. The average Bonchev–Trinajstić information content (AvgIpc) is 3.14. The van der Waals surface area contributed by atoms with E-state index in [0.29, 0.717) is 11.5 Å². The third-order valence-corrected chi connectivity index (χ3v) is 4.50. The lowest BCUT2D eigenvalue weighted by Gasteiger charge is -2.31. The zero-order chi connectivity index (χ0) is 16.1. The van der Waals surface area contributed by atoms with Crippen LogP contribution in [0.1, 0.15) is 30.1 Å². The summed E-state index contributed by atoms with van der Waals surface area (Å²) < 4.78 is 1.73. The summed E-state index contributed by atoms with van der Waals surface area (Å²) in [5, 5.41) is 7.34. The average molecular weight is 312 g/mol. The fourth-order valence-corrected chi connectivity index (χ4v) is 3.21. The number of amides is 1. The molecule has 2 heterocycles. The smallest absolute Gasteiger partial charge is 0.253 e. The van der Waals surface area contributed by atoms with Crippen molar-refractivity contribution in [3.05, 3.63) is 48.3 Å². The van der Waals surface area contributed by atoms with Crippen molar-refractivity contribution in [2.24, 2.45) is 5.92 Å². The number of likely N-dealkylation sites (tertiary alicyclic amines) is 1. The second kappa shape index (κ2) is 7.42. The first-order chi connectivity index (χ1) is 11.3. The maximum Gasteiger partial charge on any atom is 0.253 e. The van der Waals surface area contributed by atoms with E-state index in [2.05, 4.69) is 22.2 Å². The van der Waals surface area contributed by atoms with Crippen molar-refractivity contribution in [1.29, 1.82) is 0 Å². The highest BCUT2D eigenvalue weighted by atomic mass is 16.1. The van der Waals surface area contributed by atoms with Gasteiger partial charge in [0, 0.05) is 25.5 Å². The summed E-state index contributed by atoms with van der Waals surface area (Å²) in [6.45, 7) is 6.29. The van der Waals surface area contributed by atoms with Gasteiger partial charge < -0.3 is 10.2 Å². The summed E-state index contributed by atoms with van der Waals surface area (Å²) in [4.78, 5) is 15.0. The normalized spacial score (nSPS) is 18.7. The Morgan fingerprint density at radius 1 is 1.35 bits per heavy atom. The first-order valence-electron chi connectivity index (χ1n) is 8.37. The molecule has 1 atom stereocenters. The number of para-hydroxylation sites is 1. The number of piperidine rings is 1. The van der Waals surface area contributed by atoms with Gasteiger partial charge in [0.1, 0.15) is 0 Å². The third kappa shape index (κ3) is 3.79. The van der Waals surface area contributed by atoms with E-state index >= 15 is 0 Å². The lowest BCUT2D eigenvalue weighted by molar-refractivity contribution is 0.0933. The number of carbonyl (C=O) groups excluding carboxylic acids is 1. The van der Waals surface area contributed by atoms with E-state index < -0.39 is 0 Å². The molecule has 0 saturated carbocycles. The van der Waals surface area contributed by atoms with Crippen LogP contribution in [0.5, 0.6) is 0 Å². The highest BCUT2D eigenvalue weighted by molar-refractivity contribution is 5.97. The molecule has 122 valence electrons. The standard InChI is InChI=1S/C18H24N4O/c1-2-21-11-5-7-15(14-21)13-19-18(23)16-8-3-4-9-17(16)22-12-6-10-20-22/h3-4,6,8-10,12,15H,2,5,7,11,13-14H2,1H3,(H,19,23)/t15-/m0/s1. The van der Waals surface area contributed by atoms with Crippen LogP contribution in [-0.2, 0) is 0 Å². The molecule has 5 heteroatoms. The predicted molar refractivity (Wildman–Crippen MR) is 90.7 cm³/mol. The van der Waals surface area contributed by atoms with Gasteiger partial charge in [-0.15, -0.1) is 0 Å². The van der Waals surface area contributed by atoms with Gasteiger partial charge in [-0.3, -0.25) is 4.79 Å². The topological polar surface area (TPSA) is 50.2 Å². The molecule has 1 aromatic heterocycles. The van der Waals surface area contributed by atoms with Crippen LogP contribution in [-0.4, -0.2) is 46.8 Å². The minimum absolute atomic E-state index is 0.0234. The van der Waals surface area contributed by atoms with E-state index in [1.807, 2.05) is 36.5 Å². The third-order valence-electron chi connectivity index (χ3n) is 4.50. The Labute approximate surface area is 137 Å². The Morgan fingerprint density at radius 3 is 3.00 bits per heavy atom. The molecule has 23 heavy (non-hydrogen) atoms. The fourth-order valence-electron chi connectivity index (χ4n) is 3.21. The van der Waals surface area contributed by atoms with Gasteiger partial charge in [-0.25, -0.2) is 4.68 Å². The molecule has 3 rings (SSSR count). The van der Waals surface area contributed by atoms with E-state index in [9.17, 15) is 4.79 Å². The van der Waals surface area contributed by atoms with Crippen molar-refractivity contribution in [2.45, 2.75) is 19.8 Å². The van der Waals surface area contributed by atoms with Gasteiger partial charge in [0.05, 0.1) is 11.3 Å². The lowest BCUT2D eigenvalue weighted by atomic mass is 9.98. The summed E-state index contributed by atoms with van der Waals surface area (Å²) >= 11 is 0. The van der Waals surface area contributed by atoms with Gasteiger partial charge in [0.25, 0.3) is 5.91 Å². The SMILES string of the molecule is CCN1CCC[C@@H](CNC(=O)c2ccccc2-n2cccn2)C1. The molecule has 1 aliphatic heterocycles. The number of hydrogen-bond acceptors (Lipinski definition) is 3. The molecule has 1 saturated heterocycles. The van der Waals surface area contributed by atoms with Crippen molar-refractivity contribution in [3.63, 3.8) is 0 Å². The van der Waals surface area contributed by atoms with Crippen LogP contribution < -0.4 is 5.32 Å². The summed E-state index contributed by atoms with van der Waals surface area (Å²) in [5.74, 6) is 0.522. The fraction of sp³-hybridized carbons (Fsp3) is 0.444. The molecule has 1 amide bonds. The number of nitrogens with zero attached hydrogens (tertiary/aromatic N) is 3. The van der Waals surface area contributed by atoms with E-state index in [-0.39, 0.29) is 5.91 Å². The molecule has 0 spiro atoms. The molecule has 1 aliphatic rings. The molecule has 0 unspecified atom stereocenters. The van der Waals surface area contributed by atoms with Crippen LogP contribution in [0.25, 0.3) is 5.69 Å². The molecule has 0 radical (unpaired) electrons. The second-order valence-corrected chi connectivity index (χ2v) is 6.08. The van der Waals surface area contributed by atoms with Crippen molar-refractivity contribution in [2.75, 3.05) is 26.2 Å². The number of aromatic nitrogens is 2. The molecular formula is C18H24N4O. The summed E-state index contributed by atoms with van der Waals surface area (Å²) in [6, 6.07) is 9.44. The van der Waals surface area contributed by atoms with Gasteiger partial charge in [-0.2, -0.15) is 5.10 Å². The van der Waals surface area contributed by atoms with Gasteiger partial charge in [-0.1, -0.05) is 19.1 Å². The number of rotatable bonds is 5. The van der Waals surface area contributed by atoms with Crippen molar-refractivity contribution in [1.82, 2.24) is 20.0 Å². The molecule has 5 nitrogen and oxygen atoms in total. The maximum absolute atomic E-state index is 12.6. The van der Waals surface area contributed by atoms with Gasteiger partial charge in [0.2, 0.25) is 0 Å². The van der Waals surface area contributed by atoms with Crippen LogP contribution >= 0.6 is 0 Å². The number of nitrogens with one attached hydrogen (secondary N) is 1. The first kappa shape index (κ1) is 15.7. The second-order valence-electron chi connectivity index (χ2n) is 6.08. The summed E-state index contributed by atoms with van der Waals surface area (Å²) in [5.41, 5.74) is 1.48. The Morgan fingerprint density at radius 2 is 2.22 bits per heavy atom. The number of carbonyl (C=O) groups is 1. The van der Waals surface area contributed by atoms with Crippen LogP contribution in [0.3, 0.4) is 0 Å². The van der Waals surface area contributed by atoms with Crippen LogP contribution in [0.4, 0.5) is 0 Å². The van der Waals surface area contributed by atoms with Crippen molar-refractivity contribution in [3.8, 4) is 5.69 Å². The largest absolute Gasteiger partial charge is 0.352 e. The highest BCUT2D eigenvalue weighted by Crippen LogP contribution is 2.17. The van der Waals surface area contributed by atoms with E-state index in [4.69, 9.17) is 0 Å². The zero-order valence-corrected chi connectivity index (χ0v) is 13.6. The molecular weight excluding hydrogens is 288 g/mol. The van der Waals surface area contributed by atoms with Crippen LogP contribution in [0, 0.1) is 5.92 Å². The lowest BCUT2D eigenvalue weighted by Crippen LogP contribution is -2.40. The molecule has 0 aliphatic carbocycles. The Bertz CT molecular complexity index is 638. The van der Waals surface area contributed by atoms with Gasteiger partial charge in [-0.05, 0) is 50.0 Å². The molecule has 0 bridgehead atoms. The van der Waals surface area contributed by atoms with E-state index in [1.54, 1.807) is 10.9 Å². The van der Waals surface area contributed by atoms with Crippen molar-refractivity contribution >= 4 is 5.91 Å². The van der Waals surface area contributed by atoms with E-state index in [1.165, 1.54) is 19.4 Å². The quantitative estimate of drug-likeness (QED) is 0.922. The molecule has 1 aromatic carbocycles. The summed E-state index contributed by atoms with van der Waals surface area (Å²) in [7, 11) is 0. The van der Waals surface area contributed by atoms with Crippen molar-refractivity contribution < 1.29 is 4.79 Å². The van der Waals surface area contributed by atoms with Crippen LogP contribution in [0.15, 0.2) is 42.7 Å². The minimum atomic E-state index is -0.0234. The first-order valence-corrected chi connectivity index (χ1v) is 8.37. The highest BCUT2D eigenvalue weighted by Gasteiger charge is 2.20. The minimum Gasteiger partial charge on any atom is -0.352 e. The van der Waals surface area contributed by atoms with Gasteiger partial charge >= 0.3 is 0 Å². The molecule has 1 N–H and O–H groups in total. The predicted octanol–water partition coefficient (Wildman–Crippen LogP) is 2.33. The number of benzene rings is 1. The zero-order valence-electron chi connectivity index (χ0n) is 13.6. The number of hydrogen-bond donors (Lipinski definition) is 1. The monoisotopic (exact) mass is 312 g/mol. The maximum atomic E-state index is 12.6. The van der Waals surface area contributed by atoms with Crippen LogP contribution in [0.2, 0.25) is 0 Å². The van der Waals surface area contributed by atoms with E-state index in [0.717, 1.165) is 25.3 Å².